The summed E-state index contributed by atoms with van der Waals surface area (Å²) in [5.41, 5.74) is 18.0. The highest BCUT2D eigenvalue weighted by Crippen LogP contribution is 2.35. The van der Waals surface area contributed by atoms with E-state index in [4.69, 9.17) is 0 Å². The van der Waals surface area contributed by atoms with Crippen molar-refractivity contribution in [3.8, 4) is 22.3 Å². The zero-order chi connectivity index (χ0) is 81.7. The van der Waals surface area contributed by atoms with Gasteiger partial charge >= 0.3 is 23.4 Å². The first-order valence-corrected chi connectivity index (χ1v) is 44.6. The second-order valence-electron chi connectivity index (χ2n) is 28.5. The molecule has 120 heavy (non-hydrogen) atoms. The van der Waals surface area contributed by atoms with E-state index in [0.717, 1.165) is 71.5 Å². The Hall–Kier alpha value is -14.3. The third-order valence-corrected chi connectivity index (χ3v) is 24.7. The SMILES string of the molecule is O=[P+](C/C=C/c1cc(/C=C/C[P+](=O)c2ccccc2)cc(-c2ccc(/C=C/n3c4ccccc4c4ccccc43)cc2)c1)c1ccccc1.O=[P+](C/C=C/c1cc(/C=C/n2c3ccccc3c3ccccc32)cc(-c2ccc(/C=C/n3c4ccccc4c4ccccc43)cc2)c1)c1ccccc1.c1ccccc1.c1ccccc1.c1ccccc1. The normalized spacial score (nSPS) is 11.8. The monoisotopic (exact) mass is 1600 g/mol. The highest BCUT2D eigenvalue weighted by molar-refractivity contribution is 7.54. The van der Waals surface area contributed by atoms with E-state index in [2.05, 4.69) is 287 Å². The molecule has 19 rings (SSSR count). The molecule has 0 aliphatic carbocycles. The lowest BCUT2D eigenvalue weighted by molar-refractivity contribution is 0.594. The minimum Gasteiger partial charge on any atom is -0.316 e. The maximum atomic E-state index is 13.0. The second kappa shape index (κ2) is 41.5. The van der Waals surface area contributed by atoms with Gasteiger partial charge in [0.1, 0.15) is 0 Å². The van der Waals surface area contributed by atoms with E-state index < -0.39 is 23.4 Å². The molecule has 3 atom stereocenters. The summed E-state index contributed by atoms with van der Waals surface area (Å²) in [5, 5.41) is 10.1. The van der Waals surface area contributed by atoms with Crippen molar-refractivity contribution in [2.75, 3.05) is 18.5 Å². The number of allylic oxidation sites excluding steroid dienone is 3. The minimum absolute atomic E-state index is 0.472. The third kappa shape index (κ3) is 21.3. The second-order valence-corrected chi connectivity index (χ2v) is 33.5. The van der Waals surface area contributed by atoms with Gasteiger partial charge < -0.3 is 13.7 Å². The first-order valence-electron chi connectivity index (χ1n) is 40.3. The number of nitrogens with zero attached hydrogens (tertiary/aromatic N) is 3. The Morgan fingerprint density at radius 2 is 0.375 bits per heavy atom. The molecule has 0 aliphatic heterocycles. The molecule has 3 heterocycles. The summed E-state index contributed by atoms with van der Waals surface area (Å²) >= 11 is 0. The molecule has 0 spiro atoms. The number of para-hydroxylation sites is 6. The lowest BCUT2D eigenvalue weighted by atomic mass is 9.98. The lowest BCUT2D eigenvalue weighted by Crippen LogP contribution is -1.95. The Kier molecular flexibility index (Phi) is 27.9. The van der Waals surface area contributed by atoms with Gasteiger partial charge in [0.15, 0.2) is 34.4 Å². The molecular weight excluding hydrogens is 1520 g/mol. The van der Waals surface area contributed by atoms with Crippen LogP contribution in [0, 0.1) is 0 Å². The van der Waals surface area contributed by atoms with Crippen LogP contribution >= 0.6 is 23.4 Å². The van der Waals surface area contributed by atoms with Crippen LogP contribution in [0.15, 0.2) is 449 Å². The zero-order valence-electron chi connectivity index (χ0n) is 66.4. The molecular formula is C111H89N3O3P3+3. The van der Waals surface area contributed by atoms with Gasteiger partial charge in [-0.1, -0.05) is 353 Å². The van der Waals surface area contributed by atoms with Gasteiger partial charge in [0, 0.05) is 50.9 Å². The molecule has 9 heteroatoms. The number of benzene rings is 16. The molecule has 0 fully saturated rings. The van der Waals surface area contributed by atoms with Gasteiger partial charge in [0.25, 0.3) is 0 Å². The molecule has 0 aliphatic rings. The maximum Gasteiger partial charge on any atom is 0.380 e. The number of hydrogen-bond acceptors (Lipinski definition) is 3. The van der Waals surface area contributed by atoms with Crippen molar-refractivity contribution in [2.45, 2.75) is 0 Å². The van der Waals surface area contributed by atoms with Crippen molar-refractivity contribution in [3.63, 3.8) is 0 Å². The first-order chi connectivity index (χ1) is 59.3. The fourth-order valence-corrected chi connectivity index (χ4v) is 17.6. The number of fused-ring (bicyclic) bond motifs is 9. The van der Waals surface area contributed by atoms with Crippen LogP contribution in [0.5, 0.6) is 0 Å². The average molecular weight is 1610 g/mol. The van der Waals surface area contributed by atoms with Crippen LogP contribution in [0.25, 0.3) is 143 Å². The summed E-state index contributed by atoms with van der Waals surface area (Å²) < 4.78 is 45.5. The molecule has 0 N–H and O–H groups in total. The van der Waals surface area contributed by atoms with Crippen LogP contribution in [0.4, 0.5) is 0 Å². The van der Waals surface area contributed by atoms with Crippen LogP contribution in [0.2, 0.25) is 0 Å². The molecule has 16 aromatic carbocycles. The Morgan fingerprint density at radius 1 is 0.183 bits per heavy atom. The zero-order valence-corrected chi connectivity index (χ0v) is 69.1. The van der Waals surface area contributed by atoms with E-state index in [9.17, 15) is 13.7 Å². The van der Waals surface area contributed by atoms with Gasteiger partial charge in [-0.15, -0.1) is 0 Å². The van der Waals surface area contributed by atoms with Crippen molar-refractivity contribution < 1.29 is 13.7 Å². The van der Waals surface area contributed by atoms with Crippen molar-refractivity contribution in [3.05, 3.63) is 482 Å². The molecule has 578 valence electrons. The summed E-state index contributed by atoms with van der Waals surface area (Å²) in [6.45, 7) is 0. The quantitative estimate of drug-likeness (QED) is 0.0714. The predicted octanol–water partition coefficient (Wildman–Crippen LogP) is 29.5. The summed E-state index contributed by atoms with van der Waals surface area (Å²) in [6, 6.07) is 147. The largest absolute Gasteiger partial charge is 0.380 e. The topological polar surface area (TPSA) is 66.0 Å². The summed E-state index contributed by atoms with van der Waals surface area (Å²) in [7, 11) is -4.51. The van der Waals surface area contributed by atoms with Crippen molar-refractivity contribution in [2.24, 2.45) is 0 Å². The van der Waals surface area contributed by atoms with E-state index in [0.29, 0.717) is 18.5 Å². The van der Waals surface area contributed by atoms with Crippen LogP contribution in [0.3, 0.4) is 0 Å². The predicted molar refractivity (Wildman–Crippen MR) is 520 cm³/mol. The van der Waals surface area contributed by atoms with Gasteiger partial charge in [0.2, 0.25) is 0 Å². The fraction of sp³-hybridized carbons (Fsp3) is 0.0270. The van der Waals surface area contributed by atoms with Crippen molar-refractivity contribution >= 4 is 160 Å². The molecule has 6 nitrogen and oxygen atoms in total. The van der Waals surface area contributed by atoms with Gasteiger partial charge in [-0.25, -0.2) is 0 Å². The Balaban J connectivity index is 0.000000154. The highest BCUT2D eigenvalue weighted by Gasteiger charge is 2.20. The molecule has 0 saturated carbocycles. The third-order valence-electron chi connectivity index (χ3n) is 20.4. The van der Waals surface area contributed by atoms with Crippen molar-refractivity contribution in [1.29, 1.82) is 0 Å². The number of aromatic nitrogens is 3. The van der Waals surface area contributed by atoms with Crippen LogP contribution in [-0.2, 0) is 13.7 Å². The standard InChI is InChI=1S/C49H36N2OP.C44H35NO2P2.3C6H6/c52-53(41-14-2-1-3-15-41)32-12-13-37-33-38(29-31-51-48-22-10-6-18-44(48)45-19-7-11-23-49(45)51)35-40(34-37)39-26-24-36(25-27-39)28-30-50-46-20-8-4-16-42(46)43-17-5-9-21-47(43)50;46-48(39-15-3-1-4-16-39)29-11-13-35-31-36(14-12-30-49(47)40-17-5-2-6-18-40)33-38(32-35)37-25-23-34(24-26-37)27-28-45-43-21-9-7-19-41(43)42-20-8-10-22-44(42)45;3*1-2-4-6-5-3-1/h1-31,33-35H,32H2;1-28,31-33H,29-30H2;3*1-6H/q+1;+2;;;/b13-12+,30-28+,31-29+;13-11+,14-12+,28-27+;;;. The molecule has 0 amide bonds. The van der Waals surface area contributed by atoms with Gasteiger partial charge in [-0.05, 0) is 201 Å². The smallest absolute Gasteiger partial charge is 0.316 e. The van der Waals surface area contributed by atoms with Gasteiger partial charge in [-0.3, -0.25) is 0 Å². The molecule has 0 bridgehead atoms. The van der Waals surface area contributed by atoms with Crippen LogP contribution in [0.1, 0.15) is 33.4 Å². The van der Waals surface area contributed by atoms with E-state index >= 15 is 0 Å². The van der Waals surface area contributed by atoms with Crippen molar-refractivity contribution in [1.82, 2.24) is 13.7 Å². The maximum absolute atomic E-state index is 13.0. The lowest BCUT2D eigenvalue weighted by Gasteiger charge is -2.08. The number of rotatable bonds is 20. The average Bonchev–Trinajstić information content (AvgIpc) is 1.62. The van der Waals surface area contributed by atoms with Gasteiger partial charge in [0.05, 0.1) is 33.1 Å². The summed E-state index contributed by atoms with van der Waals surface area (Å²) in [4.78, 5) is 0. The molecule has 0 radical (unpaired) electrons. The molecule has 3 unspecified atom stereocenters. The molecule has 3 aromatic heterocycles. The Bertz CT molecular complexity index is 6430. The van der Waals surface area contributed by atoms with Crippen LogP contribution in [-0.4, -0.2) is 32.2 Å². The van der Waals surface area contributed by atoms with E-state index in [1.165, 1.54) is 65.4 Å². The molecule has 19 aromatic rings. The Morgan fingerprint density at radius 3 is 0.608 bits per heavy atom. The Labute approximate surface area is 705 Å². The van der Waals surface area contributed by atoms with E-state index in [-0.39, 0.29) is 0 Å². The van der Waals surface area contributed by atoms with Crippen LogP contribution < -0.4 is 15.9 Å². The first kappa shape index (κ1) is 80.8. The minimum atomic E-state index is -1.50. The number of hydrogen-bond donors (Lipinski definition) is 0. The fourth-order valence-electron chi connectivity index (χ4n) is 14.6. The van der Waals surface area contributed by atoms with E-state index in [1.54, 1.807) is 0 Å². The van der Waals surface area contributed by atoms with Gasteiger partial charge in [-0.2, -0.15) is 0 Å². The van der Waals surface area contributed by atoms with E-state index in [1.807, 2.05) is 231 Å². The highest BCUT2D eigenvalue weighted by atomic mass is 31.1. The molecule has 0 saturated heterocycles. The summed E-state index contributed by atoms with van der Waals surface area (Å²) in [6.07, 6.45) is 26.6. The summed E-state index contributed by atoms with van der Waals surface area (Å²) in [5.74, 6) is 0.